The molecule has 0 radical (unpaired) electrons. The molecular weight excluding hydrogens is 321 g/mol. The summed E-state index contributed by atoms with van der Waals surface area (Å²) in [6.45, 7) is 0.405. The fourth-order valence-corrected chi connectivity index (χ4v) is 3.60. The number of rotatable bonds is 4. The first-order valence-electron chi connectivity index (χ1n) is 7.24. The lowest BCUT2D eigenvalue weighted by Crippen LogP contribution is -2.39. The molecule has 0 atom stereocenters. The molecule has 0 aromatic heterocycles. The summed E-state index contributed by atoms with van der Waals surface area (Å²) in [4.78, 5) is 12.7. The highest BCUT2D eigenvalue weighted by Crippen LogP contribution is 2.36. The topological polar surface area (TPSA) is 43.1 Å². The normalized spacial score (nSPS) is 18.6. The summed E-state index contributed by atoms with van der Waals surface area (Å²) in [7, 11) is 0. The van der Waals surface area contributed by atoms with Gasteiger partial charge in [-0.05, 0) is 36.6 Å². The molecule has 0 spiro atoms. The maximum absolute atomic E-state index is 13.4. The minimum Gasteiger partial charge on any atom is -0.329 e. The lowest BCUT2D eigenvalue weighted by Gasteiger charge is -2.29. The Balaban J connectivity index is 2.16. The summed E-state index contributed by atoms with van der Waals surface area (Å²) in [6.07, 6.45) is 6.51. The van der Waals surface area contributed by atoms with Crippen molar-refractivity contribution in [1.29, 1.82) is 0 Å². The summed E-state index contributed by atoms with van der Waals surface area (Å²) in [6, 6.07) is 4.64. The van der Waals surface area contributed by atoms with Crippen LogP contribution >= 0.6 is 15.9 Å². The van der Waals surface area contributed by atoms with Gasteiger partial charge in [-0.1, -0.05) is 41.6 Å². The maximum atomic E-state index is 13.4. The zero-order chi connectivity index (χ0) is 14.6. The Bertz CT molecular complexity index is 461. The zero-order valence-corrected chi connectivity index (χ0v) is 13.2. The number of Topliss-reactive ketones (excluding diaryl/α,β-unsaturated/α-hetero) is 1. The van der Waals surface area contributed by atoms with Crippen molar-refractivity contribution in [3.05, 3.63) is 34.1 Å². The monoisotopic (exact) mass is 341 g/mol. The Morgan fingerprint density at radius 3 is 2.40 bits per heavy atom. The third-order valence-electron chi connectivity index (χ3n) is 4.33. The van der Waals surface area contributed by atoms with Crippen molar-refractivity contribution in [1.82, 2.24) is 0 Å². The van der Waals surface area contributed by atoms with Gasteiger partial charge in [0.1, 0.15) is 11.6 Å². The molecule has 1 aliphatic carbocycles. The third-order valence-corrected chi connectivity index (χ3v) is 4.79. The molecule has 110 valence electrons. The molecule has 2 N–H and O–H groups in total. The average Bonchev–Trinajstić information content (AvgIpc) is 2.63. The van der Waals surface area contributed by atoms with Gasteiger partial charge >= 0.3 is 0 Å². The van der Waals surface area contributed by atoms with Crippen LogP contribution in [0.4, 0.5) is 4.39 Å². The summed E-state index contributed by atoms with van der Waals surface area (Å²) >= 11 is 3.27. The summed E-state index contributed by atoms with van der Waals surface area (Å²) in [5.41, 5.74) is 6.25. The quantitative estimate of drug-likeness (QED) is 0.841. The van der Waals surface area contributed by atoms with E-state index in [4.69, 9.17) is 5.73 Å². The molecule has 20 heavy (non-hydrogen) atoms. The second-order valence-electron chi connectivity index (χ2n) is 5.78. The van der Waals surface area contributed by atoms with E-state index in [1.54, 1.807) is 0 Å². The van der Waals surface area contributed by atoms with Crippen LogP contribution in [0.25, 0.3) is 0 Å². The van der Waals surface area contributed by atoms with Crippen molar-refractivity contribution in [3.63, 3.8) is 0 Å². The van der Waals surface area contributed by atoms with E-state index in [2.05, 4.69) is 15.9 Å². The van der Waals surface area contributed by atoms with E-state index in [0.29, 0.717) is 11.0 Å². The predicted octanol–water partition coefficient (Wildman–Crippen LogP) is 4.00. The Morgan fingerprint density at radius 1 is 1.20 bits per heavy atom. The van der Waals surface area contributed by atoms with Gasteiger partial charge in [0.25, 0.3) is 0 Å². The molecule has 0 saturated heterocycles. The lowest BCUT2D eigenvalue weighted by molar-refractivity contribution is -0.128. The van der Waals surface area contributed by atoms with E-state index in [-0.39, 0.29) is 18.0 Å². The fourth-order valence-electron chi connectivity index (χ4n) is 3.09. The van der Waals surface area contributed by atoms with E-state index in [1.165, 1.54) is 25.0 Å². The zero-order valence-electron chi connectivity index (χ0n) is 11.6. The first kappa shape index (κ1) is 15.6. The molecule has 2 rings (SSSR count). The standard InChI is InChI=1S/C16H21BrFNO/c17-13-7-12(8-14(18)10-13)9-15(20)16(11-19)5-3-1-2-4-6-16/h7-8,10H,1-6,9,11,19H2. The summed E-state index contributed by atoms with van der Waals surface area (Å²) in [5.74, 6) is -0.149. The third kappa shape index (κ3) is 3.67. The molecule has 0 aliphatic heterocycles. The van der Waals surface area contributed by atoms with Gasteiger partial charge in [0.05, 0.1) is 0 Å². The molecule has 1 fully saturated rings. The van der Waals surface area contributed by atoms with Gasteiger partial charge in [-0.25, -0.2) is 4.39 Å². The van der Waals surface area contributed by atoms with Crippen molar-refractivity contribution >= 4 is 21.7 Å². The molecule has 1 aromatic rings. The Kier molecular flexibility index (Phi) is 5.33. The minimum absolute atomic E-state index is 0.166. The van der Waals surface area contributed by atoms with Crippen molar-refractivity contribution in [2.45, 2.75) is 44.9 Å². The highest BCUT2D eigenvalue weighted by molar-refractivity contribution is 9.10. The summed E-state index contributed by atoms with van der Waals surface area (Å²) in [5, 5.41) is 0. The van der Waals surface area contributed by atoms with Crippen LogP contribution in [0, 0.1) is 11.2 Å². The second-order valence-corrected chi connectivity index (χ2v) is 6.69. The number of carbonyl (C=O) groups excluding carboxylic acids is 1. The Labute approximate surface area is 128 Å². The summed E-state index contributed by atoms with van der Waals surface area (Å²) < 4.78 is 14.1. The highest BCUT2D eigenvalue weighted by atomic mass is 79.9. The predicted molar refractivity (Wildman–Crippen MR) is 82.0 cm³/mol. The van der Waals surface area contributed by atoms with Gasteiger partial charge in [-0.3, -0.25) is 4.79 Å². The molecular formula is C16H21BrFNO. The van der Waals surface area contributed by atoms with Gasteiger partial charge < -0.3 is 5.73 Å². The van der Waals surface area contributed by atoms with Crippen LogP contribution in [-0.4, -0.2) is 12.3 Å². The van der Waals surface area contributed by atoms with Gasteiger partial charge in [0, 0.05) is 22.9 Å². The molecule has 0 amide bonds. The number of hydrogen-bond acceptors (Lipinski definition) is 2. The SMILES string of the molecule is NCC1(C(=O)Cc2cc(F)cc(Br)c2)CCCCCC1. The van der Waals surface area contributed by atoms with E-state index >= 15 is 0 Å². The van der Waals surface area contributed by atoms with Crippen LogP contribution in [0.15, 0.2) is 22.7 Å². The lowest BCUT2D eigenvalue weighted by atomic mass is 9.75. The Hall–Kier alpha value is -0.740. The molecule has 4 heteroatoms. The molecule has 0 heterocycles. The van der Waals surface area contributed by atoms with Crippen LogP contribution in [0.1, 0.15) is 44.1 Å². The minimum atomic E-state index is -0.394. The molecule has 0 bridgehead atoms. The van der Waals surface area contributed by atoms with Crippen molar-refractivity contribution in [2.75, 3.05) is 6.54 Å². The van der Waals surface area contributed by atoms with Crippen molar-refractivity contribution in [2.24, 2.45) is 11.1 Å². The average molecular weight is 342 g/mol. The van der Waals surface area contributed by atoms with E-state index in [9.17, 15) is 9.18 Å². The van der Waals surface area contributed by atoms with Crippen LogP contribution in [0.2, 0.25) is 0 Å². The second kappa shape index (κ2) is 6.81. The van der Waals surface area contributed by atoms with Gasteiger partial charge in [0.15, 0.2) is 0 Å². The molecule has 1 aliphatic rings. The number of hydrogen-bond donors (Lipinski definition) is 1. The molecule has 1 saturated carbocycles. The number of benzene rings is 1. The van der Waals surface area contributed by atoms with E-state index in [0.717, 1.165) is 31.2 Å². The number of carbonyl (C=O) groups is 1. The van der Waals surface area contributed by atoms with Crippen LogP contribution in [0.5, 0.6) is 0 Å². The molecule has 2 nitrogen and oxygen atoms in total. The van der Waals surface area contributed by atoms with E-state index < -0.39 is 5.41 Å². The van der Waals surface area contributed by atoms with Crippen LogP contribution < -0.4 is 5.73 Å². The van der Waals surface area contributed by atoms with Gasteiger partial charge in [0.2, 0.25) is 0 Å². The Morgan fingerprint density at radius 2 is 1.85 bits per heavy atom. The van der Waals surface area contributed by atoms with Gasteiger partial charge in [-0.2, -0.15) is 0 Å². The highest BCUT2D eigenvalue weighted by Gasteiger charge is 2.36. The number of nitrogens with two attached hydrogens (primary N) is 1. The maximum Gasteiger partial charge on any atom is 0.144 e. The van der Waals surface area contributed by atoms with E-state index in [1.807, 2.05) is 6.07 Å². The first-order valence-corrected chi connectivity index (χ1v) is 8.03. The van der Waals surface area contributed by atoms with Crippen molar-refractivity contribution < 1.29 is 9.18 Å². The van der Waals surface area contributed by atoms with Gasteiger partial charge in [-0.15, -0.1) is 0 Å². The number of ketones is 1. The fraction of sp³-hybridized carbons (Fsp3) is 0.562. The smallest absolute Gasteiger partial charge is 0.144 e. The van der Waals surface area contributed by atoms with Crippen molar-refractivity contribution in [3.8, 4) is 0 Å². The largest absolute Gasteiger partial charge is 0.329 e. The molecule has 0 unspecified atom stereocenters. The van der Waals surface area contributed by atoms with Crippen LogP contribution in [0.3, 0.4) is 0 Å². The van der Waals surface area contributed by atoms with Crippen LogP contribution in [-0.2, 0) is 11.2 Å². The number of halogens is 2. The molecule has 1 aromatic carbocycles. The first-order chi connectivity index (χ1) is 9.55.